The number of nitrogens with one attached hydrogen (secondary N) is 1. The molecule has 0 spiro atoms. The zero-order valence-corrected chi connectivity index (χ0v) is 11.3. The molecule has 0 fully saturated rings. The van der Waals surface area contributed by atoms with Crippen molar-refractivity contribution in [3.63, 3.8) is 0 Å². The van der Waals surface area contributed by atoms with E-state index in [2.05, 4.69) is 5.32 Å². The minimum Gasteiger partial charge on any atom is -0.508 e. The van der Waals surface area contributed by atoms with Gasteiger partial charge in [-0.2, -0.15) is 0 Å². The maximum atomic E-state index is 9.49. The summed E-state index contributed by atoms with van der Waals surface area (Å²) in [4.78, 5) is 0. The molecular formula is C15H19NO3. The molecule has 0 aliphatic carbocycles. The van der Waals surface area contributed by atoms with Gasteiger partial charge in [0.15, 0.2) is 0 Å². The smallest absolute Gasteiger partial charge is 0.120 e. The summed E-state index contributed by atoms with van der Waals surface area (Å²) in [5, 5.41) is 22.3. The normalized spacial score (nSPS) is 14.3. The van der Waals surface area contributed by atoms with Gasteiger partial charge >= 0.3 is 0 Å². The van der Waals surface area contributed by atoms with E-state index in [9.17, 15) is 10.2 Å². The van der Waals surface area contributed by atoms with Gasteiger partial charge in [-0.15, -0.1) is 0 Å². The number of furan rings is 1. The Hall–Kier alpha value is -1.94. The Balaban J connectivity index is 2.10. The first kappa shape index (κ1) is 13.5. The van der Waals surface area contributed by atoms with Gasteiger partial charge in [-0.3, -0.25) is 0 Å². The summed E-state index contributed by atoms with van der Waals surface area (Å²) >= 11 is 0. The standard InChI is InChI=1S/C15H19NO3/c1-9-4-5-15(19-9)11(3)16-10(2)12-6-13(17)8-14(18)7-12/h4-8,10-11,16-18H,1-3H3. The molecule has 0 saturated heterocycles. The number of hydrogen-bond acceptors (Lipinski definition) is 4. The summed E-state index contributed by atoms with van der Waals surface area (Å²) in [6, 6.07) is 8.49. The van der Waals surface area contributed by atoms with Crippen LogP contribution in [0, 0.1) is 6.92 Å². The zero-order chi connectivity index (χ0) is 14.0. The largest absolute Gasteiger partial charge is 0.508 e. The van der Waals surface area contributed by atoms with Crippen LogP contribution in [-0.4, -0.2) is 10.2 Å². The molecule has 1 aromatic heterocycles. The molecule has 102 valence electrons. The SMILES string of the molecule is Cc1ccc(C(C)NC(C)c2cc(O)cc(O)c2)o1. The van der Waals surface area contributed by atoms with E-state index in [1.807, 2.05) is 32.9 Å². The van der Waals surface area contributed by atoms with Crippen LogP contribution < -0.4 is 5.32 Å². The van der Waals surface area contributed by atoms with E-state index in [-0.39, 0.29) is 23.6 Å². The van der Waals surface area contributed by atoms with Gasteiger partial charge in [-0.1, -0.05) is 0 Å². The second-order valence-corrected chi connectivity index (χ2v) is 4.84. The van der Waals surface area contributed by atoms with E-state index < -0.39 is 0 Å². The number of hydrogen-bond donors (Lipinski definition) is 3. The molecule has 2 unspecified atom stereocenters. The highest BCUT2D eigenvalue weighted by atomic mass is 16.3. The van der Waals surface area contributed by atoms with Gasteiger partial charge in [-0.25, -0.2) is 0 Å². The highest BCUT2D eigenvalue weighted by molar-refractivity contribution is 5.38. The van der Waals surface area contributed by atoms with Gasteiger partial charge in [0, 0.05) is 12.1 Å². The number of rotatable bonds is 4. The van der Waals surface area contributed by atoms with E-state index in [1.165, 1.54) is 6.07 Å². The van der Waals surface area contributed by atoms with Crippen molar-refractivity contribution in [1.82, 2.24) is 5.32 Å². The van der Waals surface area contributed by atoms with Crippen molar-refractivity contribution in [2.45, 2.75) is 32.9 Å². The van der Waals surface area contributed by atoms with Crippen molar-refractivity contribution in [3.05, 3.63) is 47.4 Å². The summed E-state index contributed by atoms with van der Waals surface area (Å²) in [6.45, 7) is 5.89. The maximum absolute atomic E-state index is 9.49. The van der Waals surface area contributed by atoms with Gasteiger partial charge in [0.05, 0.1) is 6.04 Å². The second-order valence-electron chi connectivity index (χ2n) is 4.84. The Morgan fingerprint density at radius 1 is 1.00 bits per heavy atom. The lowest BCUT2D eigenvalue weighted by molar-refractivity contribution is 0.390. The molecule has 1 heterocycles. The van der Waals surface area contributed by atoms with Gasteiger partial charge in [0.25, 0.3) is 0 Å². The Morgan fingerprint density at radius 2 is 1.63 bits per heavy atom. The van der Waals surface area contributed by atoms with Gasteiger partial charge in [0.2, 0.25) is 0 Å². The molecule has 0 aliphatic rings. The third-order valence-corrected chi connectivity index (χ3v) is 3.11. The average molecular weight is 261 g/mol. The fourth-order valence-corrected chi connectivity index (χ4v) is 2.11. The van der Waals surface area contributed by atoms with Crippen molar-refractivity contribution < 1.29 is 14.6 Å². The third-order valence-electron chi connectivity index (χ3n) is 3.11. The van der Waals surface area contributed by atoms with E-state index in [1.54, 1.807) is 12.1 Å². The van der Waals surface area contributed by atoms with Gasteiger partial charge in [0.1, 0.15) is 23.0 Å². The molecule has 0 aliphatic heterocycles. The van der Waals surface area contributed by atoms with Crippen LogP contribution in [0.1, 0.15) is 43.0 Å². The summed E-state index contributed by atoms with van der Waals surface area (Å²) in [7, 11) is 0. The number of aryl methyl sites for hydroxylation is 1. The fourth-order valence-electron chi connectivity index (χ4n) is 2.11. The first-order valence-corrected chi connectivity index (χ1v) is 6.31. The topological polar surface area (TPSA) is 65.6 Å². The summed E-state index contributed by atoms with van der Waals surface area (Å²) < 4.78 is 5.57. The van der Waals surface area contributed by atoms with Gasteiger partial charge < -0.3 is 19.9 Å². The molecule has 4 heteroatoms. The molecule has 2 rings (SSSR count). The van der Waals surface area contributed by atoms with Crippen molar-refractivity contribution in [1.29, 1.82) is 0 Å². The van der Waals surface area contributed by atoms with E-state index >= 15 is 0 Å². The zero-order valence-electron chi connectivity index (χ0n) is 11.3. The molecule has 1 aromatic carbocycles. The molecule has 2 atom stereocenters. The minimum atomic E-state index is -0.0154. The van der Waals surface area contributed by atoms with E-state index in [0.717, 1.165) is 17.1 Å². The Bertz CT molecular complexity index is 542. The Morgan fingerprint density at radius 3 is 2.16 bits per heavy atom. The molecule has 0 amide bonds. The van der Waals surface area contributed by atoms with Crippen LogP contribution in [0.5, 0.6) is 11.5 Å². The molecule has 2 aromatic rings. The average Bonchev–Trinajstić information content (AvgIpc) is 2.74. The summed E-state index contributed by atoms with van der Waals surface area (Å²) in [5.41, 5.74) is 0.827. The maximum Gasteiger partial charge on any atom is 0.120 e. The molecule has 0 bridgehead atoms. The lowest BCUT2D eigenvalue weighted by Gasteiger charge is -2.19. The number of aromatic hydroxyl groups is 2. The third kappa shape index (κ3) is 3.29. The highest BCUT2D eigenvalue weighted by Gasteiger charge is 2.14. The Labute approximate surface area is 112 Å². The molecule has 0 saturated carbocycles. The van der Waals surface area contributed by atoms with Crippen molar-refractivity contribution in [2.75, 3.05) is 0 Å². The summed E-state index contributed by atoms with van der Waals surface area (Å²) in [6.07, 6.45) is 0. The van der Waals surface area contributed by atoms with Crippen LogP contribution in [0.4, 0.5) is 0 Å². The molecular weight excluding hydrogens is 242 g/mol. The number of phenols is 2. The predicted molar refractivity (Wildman–Crippen MR) is 73.2 cm³/mol. The van der Waals surface area contributed by atoms with Gasteiger partial charge in [-0.05, 0) is 50.6 Å². The first-order valence-electron chi connectivity index (χ1n) is 6.31. The highest BCUT2D eigenvalue weighted by Crippen LogP contribution is 2.26. The van der Waals surface area contributed by atoms with Crippen molar-refractivity contribution >= 4 is 0 Å². The fraction of sp³-hybridized carbons (Fsp3) is 0.333. The lowest BCUT2D eigenvalue weighted by Crippen LogP contribution is -2.22. The minimum absolute atomic E-state index is 0.0154. The van der Waals surface area contributed by atoms with Crippen LogP contribution in [-0.2, 0) is 0 Å². The monoisotopic (exact) mass is 261 g/mol. The van der Waals surface area contributed by atoms with E-state index in [0.29, 0.717) is 0 Å². The molecule has 4 nitrogen and oxygen atoms in total. The van der Waals surface area contributed by atoms with Crippen LogP contribution in [0.2, 0.25) is 0 Å². The Kier molecular flexibility index (Phi) is 3.81. The first-order chi connectivity index (χ1) is 8.95. The molecule has 3 N–H and O–H groups in total. The lowest BCUT2D eigenvalue weighted by atomic mass is 10.1. The van der Waals surface area contributed by atoms with Crippen LogP contribution >= 0.6 is 0 Å². The number of benzene rings is 1. The molecule has 0 radical (unpaired) electrons. The van der Waals surface area contributed by atoms with Crippen molar-refractivity contribution in [3.8, 4) is 11.5 Å². The second kappa shape index (κ2) is 5.36. The van der Waals surface area contributed by atoms with Crippen molar-refractivity contribution in [2.24, 2.45) is 0 Å². The predicted octanol–water partition coefficient (Wildman–Crippen LogP) is 3.41. The summed E-state index contributed by atoms with van der Waals surface area (Å²) in [5.74, 6) is 1.87. The van der Waals surface area contributed by atoms with Crippen LogP contribution in [0.25, 0.3) is 0 Å². The molecule has 19 heavy (non-hydrogen) atoms. The van der Waals surface area contributed by atoms with Crippen LogP contribution in [0.3, 0.4) is 0 Å². The number of phenolic OH excluding ortho intramolecular Hbond substituents is 2. The van der Waals surface area contributed by atoms with Crippen LogP contribution in [0.15, 0.2) is 34.7 Å². The quantitative estimate of drug-likeness (QED) is 0.789. The van der Waals surface area contributed by atoms with E-state index in [4.69, 9.17) is 4.42 Å².